The van der Waals surface area contributed by atoms with Crippen LogP contribution in [0.15, 0.2) is 65.8 Å². The molecular formula is C22H18Cl2N2O4. The highest BCUT2D eigenvalue weighted by Gasteiger charge is 2.09. The van der Waals surface area contributed by atoms with E-state index in [1.807, 2.05) is 30.3 Å². The summed E-state index contributed by atoms with van der Waals surface area (Å²) in [5.74, 6) is 0.0560. The zero-order chi connectivity index (χ0) is 21.5. The predicted octanol–water partition coefficient (Wildman–Crippen LogP) is 5.73. The quantitative estimate of drug-likeness (QED) is 0.342. The van der Waals surface area contributed by atoms with E-state index >= 15 is 0 Å². The minimum absolute atomic E-state index is 0.000671. The van der Waals surface area contributed by atoms with Gasteiger partial charge in [-0.3, -0.25) is 5.43 Å². The lowest BCUT2D eigenvalue weighted by molar-refractivity contribution is 0.0697. The average Bonchev–Trinajstić information content (AvgIpc) is 2.74. The van der Waals surface area contributed by atoms with E-state index in [2.05, 4.69) is 10.5 Å². The van der Waals surface area contributed by atoms with Crippen LogP contribution in [-0.4, -0.2) is 24.4 Å². The highest BCUT2D eigenvalue weighted by atomic mass is 35.5. The lowest BCUT2D eigenvalue weighted by atomic mass is 10.2. The van der Waals surface area contributed by atoms with E-state index in [0.717, 1.165) is 11.1 Å². The number of nitrogens with one attached hydrogen (secondary N) is 1. The van der Waals surface area contributed by atoms with Gasteiger partial charge < -0.3 is 14.6 Å². The fraction of sp³-hybridized carbons (Fsp3) is 0.0909. The molecule has 30 heavy (non-hydrogen) atoms. The number of carboxylic acid groups (broad SMARTS) is 1. The molecule has 6 nitrogen and oxygen atoms in total. The number of halogens is 2. The Labute approximate surface area is 183 Å². The SMILES string of the molecule is COc1cc(/C=N/Nc2ccc(Cl)c(C(=O)O)c2)ccc1OCc1ccc(Cl)cc1. The number of aromatic carboxylic acids is 1. The van der Waals surface area contributed by atoms with E-state index in [9.17, 15) is 4.79 Å². The van der Waals surface area contributed by atoms with E-state index in [-0.39, 0.29) is 10.6 Å². The summed E-state index contributed by atoms with van der Waals surface area (Å²) in [5, 5.41) is 14.1. The molecule has 3 aromatic rings. The van der Waals surface area contributed by atoms with Crippen LogP contribution in [0.25, 0.3) is 0 Å². The maximum atomic E-state index is 11.1. The molecule has 2 N–H and O–H groups in total. The van der Waals surface area contributed by atoms with Gasteiger partial charge in [-0.05, 0) is 59.7 Å². The van der Waals surface area contributed by atoms with Crippen LogP contribution in [0.1, 0.15) is 21.5 Å². The second kappa shape index (κ2) is 10.0. The number of ether oxygens (including phenoxy) is 2. The molecule has 0 radical (unpaired) electrons. The van der Waals surface area contributed by atoms with Gasteiger partial charge in [-0.25, -0.2) is 4.79 Å². The number of carbonyl (C=O) groups is 1. The average molecular weight is 445 g/mol. The number of anilines is 1. The van der Waals surface area contributed by atoms with E-state index in [1.54, 1.807) is 31.5 Å². The summed E-state index contributed by atoms with van der Waals surface area (Å²) in [6.07, 6.45) is 1.58. The molecule has 0 spiro atoms. The van der Waals surface area contributed by atoms with Crippen molar-refractivity contribution in [2.45, 2.75) is 6.61 Å². The fourth-order valence-electron chi connectivity index (χ4n) is 2.57. The molecule has 8 heteroatoms. The third kappa shape index (κ3) is 5.65. The molecular weight excluding hydrogens is 427 g/mol. The second-order valence-corrected chi connectivity index (χ2v) is 7.04. The molecule has 0 atom stereocenters. The van der Waals surface area contributed by atoms with Crippen molar-refractivity contribution in [2.75, 3.05) is 12.5 Å². The van der Waals surface area contributed by atoms with Crippen LogP contribution >= 0.6 is 23.2 Å². The molecule has 3 rings (SSSR count). The largest absolute Gasteiger partial charge is 0.493 e. The van der Waals surface area contributed by atoms with Crippen molar-refractivity contribution in [2.24, 2.45) is 5.10 Å². The van der Waals surface area contributed by atoms with Crippen LogP contribution in [-0.2, 0) is 6.61 Å². The zero-order valence-electron chi connectivity index (χ0n) is 15.9. The van der Waals surface area contributed by atoms with E-state index < -0.39 is 5.97 Å². The van der Waals surface area contributed by atoms with Gasteiger partial charge in [0, 0.05) is 5.02 Å². The molecule has 0 heterocycles. The molecule has 0 saturated heterocycles. The van der Waals surface area contributed by atoms with Gasteiger partial charge in [0.05, 0.1) is 29.6 Å². The molecule has 0 aromatic heterocycles. The smallest absolute Gasteiger partial charge is 0.337 e. The number of methoxy groups -OCH3 is 1. The molecule has 3 aromatic carbocycles. The monoisotopic (exact) mass is 444 g/mol. The van der Waals surface area contributed by atoms with Crippen molar-refractivity contribution in [1.82, 2.24) is 0 Å². The van der Waals surface area contributed by atoms with Crippen LogP contribution in [0.5, 0.6) is 11.5 Å². The van der Waals surface area contributed by atoms with Crippen LogP contribution < -0.4 is 14.9 Å². The van der Waals surface area contributed by atoms with E-state index in [4.69, 9.17) is 37.8 Å². The van der Waals surface area contributed by atoms with Crippen molar-refractivity contribution < 1.29 is 19.4 Å². The molecule has 0 saturated carbocycles. The molecule has 0 aliphatic rings. The van der Waals surface area contributed by atoms with Crippen LogP contribution in [0.3, 0.4) is 0 Å². The van der Waals surface area contributed by atoms with Gasteiger partial charge in [0.1, 0.15) is 6.61 Å². The zero-order valence-corrected chi connectivity index (χ0v) is 17.4. The number of hydrazone groups is 1. The molecule has 0 bridgehead atoms. The number of carboxylic acids is 1. The number of rotatable bonds is 8. The Kier molecular flexibility index (Phi) is 7.17. The van der Waals surface area contributed by atoms with E-state index in [1.165, 1.54) is 12.1 Å². The van der Waals surface area contributed by atoms with Gasteiger partial charge >= 0.3 is 5.97 Å². The summed E-state index contributed by atoms with van der Waals surface area (Å²) in [5.41, 5.74) is 5.04. The fourth-order valence-corrected chi connectivity index (χ4v) is 2.89. The van der Waals surface area contributed by atoms with Crippen molar-refractivity contribution >= 4 is 41.1 Å². The van der Waals surface area contributed by atoms with Crippen molar-refractivity contribution in [3.8, 4) is 11.5 Å². The summed E-state index contributed by atoms with van der Waals surface area (Å²) in [6.45, 7) is 0.380. The molecule has 0 fully saturated rings. The lowest BCUT2D eigenvalue weighted by Crippen LogP contribution is -2.00. The Hall–Kier alpha value is -3.22. The van der Waals surface area contributed by atoms with Crippen LogP contribution in [0.4, 0.5) is 5.69 Å². The van der Waals surface area contributed by atoms with E-state index in [0.29, 0.717) is 28.8 Å². The Balaban J connectivity index is 1.66. The van der Waals surface area contributed by atoms with Gasteiger partial charge in [0.25, 0.3) is 0 Å². The van der Waals surface area contributed by atoms with Crippen LogP contribution in [0.2, 0.25) is 10.0 Å². The number of nitrogens with zero attached hydrogens (tertiary/aromatic N) is 1. The first-order valence-corrected chi connectivity index (χ1v) is 9.59. The van der Waals surface area contributed by atoms with Gasteiger partial charge in [-0.1, -0.05) is 35.3 Å². The minimum atomic E-state index is -1.11. The van der Waals surface area contributed by atoms with Gasteiger partial charge in [-0.15, -0.1) is 0 Å². The Morgan fingerprint density at radius 2 is 1.83 bits per heavy atom. The Morgan fingerprint density at radius 1 is 1.07 bits per heavy atom. The molecule has 0 aliphatic heterocycles. The topological polar surface area (TPSA) is 80.2 Å². The maximum absolute atomic E-state index is 11.1. The standard InChI is InChI=1S/C22H18Cl2N2O4/c1-29-21-10-15(4-9-20(21)30-13-14-2-5-16(23)6-3-14)12-25-26-17-7-8-19(24)18(11-17)22(27)28/h2-12,26H,13H2,1H3,(H,27,28)/b25-12+. The molecule has 154 valence electrons. The molecule has 0 amide bonds. The summed E-state index contributed by atoms with van der Waals surface area (Å²) in [4.78, 5) is 11.1. The second-order valence-electron chi connectivity index (χ2n) is 6.20. The first-order valence-electron chi connectivity index (χ1n) is 8.83. The summed E-state index contributed by atoms with van der Waals surface area (Å²) in [6, 6.07) is 17.4. The summed E-state index contributed by atoms with van der Waals surface area (Å²) >= 11 is 11.8. The summed E-state index contributed by atoms with van der Waals surface area (Å²) in [7, 11) is 1.56. The first kappa shape index (κ1) is 21.5. The van der Waals surface area contributed by atoms with Crippen molar-refractivity contribution in [3.05, 3.63) is 87.4 Å². The number of hydrogen-bond acceptors (Lipinski definition) is 5. The summed E-state index contributed by atoms with van der Waals surface area (Å²) < 4.78 is 11.2. The number of hydrogen-bond donors (Lipinski definition) is 2. The van der Waals surface area contributed by atoms with Gasteiger partial charge in [0.15, 0.2) is 11.5 Å². The van der Waals surface area contributed by atoms with Gasteiger partial charge in [0.2, 0.25) is 0 Å². The third-order valence-electron chi connectivity index (χ3n) is 4.10. The lowest BCUT2D eigenvalue weighted by Gasteiger charge is -2.11. The highest BCUT2D eigenvalue weighted by Crippen LogP contribution is 2.28. The van der Waals surface area contributed by atoms with Crippen molar-refractivity contribution in [3.63, 3.8) is 0 Å². The minimum Gasteiger partial charge on any atom is -0.493 e. The molecule has 0 aliphatic carbocycles. The van der Waals surface area contributed by atoms with Crippen LogP contribution in [0, 0.1) is 0 Å². The van der Waals surface area contributed by atoms with Crippen molar-refractivity contribution in [1.29, 1.82) is 0 Å². The normalized spacial score (nSPS) is 10.8. The van der Waals surface area contributed by atoms with Gasteiger partial charge in [-0.2, -0.15) is 5.10 Å². The first-order chi connectivity index (χ1) is 14.5. The Morgan fingerprint density at radius 3 is 2.53 bits per heavy atom. The Bertz CT molecular complexity index is 1070. The highest BCUT2D eigenvalue weighted by molar-refractivity contribution is 6.33. The number of benzene rings is 3. The molecule has 0 unspecified atom stereocenters. The maximum Gasteiger partial charge on any atom is 0.337 e. The third-order valence-corrected chi connectivity index (χ3v) is 4.68. The predicted molar refractivity (Wildman–Crippen MR) is 118 cm³/mol.